The lowest BCUT2D eigenvalue weighted by Gasteiger charge is -2.29. The first-order valence-electron chi connectivity index (χ1n) is 6.04. The molecule has 1 heterocycles. The lowest BCUT2D eigenvalue weighted by Crippen LogP contribution is -2.40. The van der Waals surface area contributed by atoms with E-state index in [1.54, 1.807) is 12.1 Å². The first kappa shape index (κ1) is 12.7. The number of piperidine rings is 1. The Bertz CT molecular complexity index is 355. The van der Waals surface area contributed by atoms with E-state index in [2.05, 4.69) is 17.3 Å². The molecule has 0 radical (unpaired) electrons. The average Bonchev–Trinajstić information content (AvgIpc) is 2.27. The Morgan fingerprint density at radius 1 is 1.35 bits per heavy atom. The molecule has 4 heteroatoms. The van der Waals surface area contributed by atoms with Crippen LogP contribution < -0.4 is 5.32 Å². The van der Waals surface area contributed by atoms with Crippen molar-refractivity contribution in [1.29, 1.82) is 0 Å². The molecule has 1 aliphatic heterocycles. The highest BCUT2D eigenvalue weighted by molar-refractivity contribution is 6.30. The zero-order valence-electron chi connectivity index (χ0n) is 10.1. The molecule has 0 aliphatic carbocycles. The zero-order valence-corrected chi connectivity index (χ0v) is 10.9. The first-order chi connectivity index (χ1) is 8.13. The molecule has 0 atom stereocenters. The molecule has 1 aliphatic rings. The lowest BCUT2D eigenvalue weighted by atomic mass is 10.1. The van der Waals surface area contributed by atoms with Gasteiger partial charge in [-0.2, -0.15) is 0 Å². The number of hydrogen-bond acceptors (Lipinski definition) is 3. The fourth-order valence-electron chi connectivity index (χ4n) is 2.21. The molecule has 0 bridgehead atoms. The van der Waals surface area contributed by atoms with Gasteiger partial charge in [0.15, 0.2) is 0 Å². The predicted molar refractivity (Wildman–Crippen MR) is 70.5 cm³/mol. The van der Waals surface area contributed by atoms with E-state index >= 15 is 0 Å². The molecule has 2 rings (SSSR count). The van der Waals surface area contributed by atoms with Crippen LogP contribution in [-0.2, 0) is 6.54 Å². The molecule has 0 unspecified atom stereocenters. The average molecular weight is 255 g/mol. The Hall–Kier alpha value is -0.770. The Morgan fingerprint density at radius 2 is 2.06 bits per heavy atom. The third-order valence-corrected chi connectivity index (χ3v) is 3.47. The van der Waals surface area contributed by atoms with Gasteiger partial charge in [-0.15, -0.1) is 0 Å². The molecule has 94 valence electrons. The number of hydrogen-bond donors (Lipinski definition) is 2. The van der Waals surface area contributed by atoms with Gasteiger partial charge in [-0.05, 0) is 56.7 Å². The molecule has 0 amide bonds. The Balaban J connectivity index is 1.85. The van der Waals surface area contributed by atoms with Crippen LogP contribution in [0, 0.1) is 0 Å². The minimum absolute atomic E-state index is 0.234. The number of aromatic hydroxyl groups is 1. The van der Waals surface area contributed by atoms with Crippen molar-refractivity contribution in [3.8, 4) is 5.75 Å². The van der Waals surface area contributed by atoms with Gasteiger partial charge in [0, 0.05) is 17.6 Å². The largest absolute Gasteiger partial charge is 0.508 e. The van der Waals surface area contributed by atoms with E-state index in [0.29, 0.717) is 11.1 Å². The molecule has 3 nitrogen and oxygen atoms in total. The van der Waals surface area contributed by atoms with E-state index < -0.39 is 0 Å². The summed E-state index contributed by atoms with van der Waals surface area (Å²) >= 11 is 5.90. The number of phenolic OH excluding ortho intramolecular Hbond substituents is 1. The van der Waals surface area contributed by atoms with Crippen LogP contribution in [0.2, 0.25) is 5.02 Å². The SMILES string of the molecule is CN1CCC(NCc2cc(O)cc(Cl)c2)CC1. The fraction of sp³-hybridized carbons (Fsp3) is 0.538. The molecule has 0 aromatic heterocycles. The minimum Gasteiger partial charge on any atom is -0.508 e. The second kappa shape index (κ2) is 5.71. The van der Waals surface area contributed by atoms with Crippen LogP contribution in [0.25, 0.3) is 0 Å². The number of phenols is 1. The van der Waals surface area contributed by atoms with Crippen molar-refractivity contribution in [2.24, 2.45) is 0 Å². The molecule has 1 aromatic rings. The van der Waals surface area contributed by atoms with Gasteiger partial charge < -0.3 is 15.3 Å². The normalized spacial score (nSPS) is 18.5. The smallest absolute Gasteiger partial charge is 0.117 e. The van der Waals surface area contributed by atoms with Gasteiger partial charge in [-0.3, -0.25) is 0 Å². The second-order valence-corrected chi connectivity index (χ2v) is 5.21. The van der Waals surface area contributed by atoms with Crippen LogP contribution >= 0.6 is 11.6 Å². The van der Waals surface area contributed by atoms with E-state index in [-0.39, 0.29) is 5.75 Å². The maximum atomic E-state index is 9.45. The summed E-state index contributed by atoms with van der Waals surface area (Å²) in [4.78, 5) is 2.35. The van der Waals surface area contributed by atoms with Crippen molar-refractivity contribution < 1.29 is 5.11 Å². The van der Waals surface area contributed by atoms with Crippen molar-refractivity contribution in [1.82, 2.24) is 10.2 Å². The summed E-state index contributed by atoms with van der Waals surface area (Å²) in [5.41, 5.74) is 1.04. The molecule has 17 heavy (non-hydrogen) atoms. The van der Waals surface area contributed by atoms with Gasteiger partial charge in [0.25, 0.3) is 0 Å². The van der Waals surface area contributed by atoms with Crippen molar-refractivity contribution in [3.05, 3.63) is 28.8 Å². The third-order valence-electron chi connectivity index (χ3n) is 3.26. The van der Waals surface area contributed by atoms with Crippen LogP contribution in [0.1, 0.15) is 18.4 Å². The summed E-state index contributed by atoms with van der Waals surface area (Å²) in [5.74, 6) is 0.234. The van der Waals surface area contributed by atoms with E-state index in [4.69, 9.17) is 11.6 Å². The van der Waals surface area contributed by atoms with Gasteiger partial charge in [-0.25, -0.2) is 0 Å². The van der Waals surface area contributed by atoms with E-state index in [1.807, 2.05) is 6.07 Å². The predicted octanol–water partition coefficient (Wildman–Crippen LogP) is 2.23. The number of benzene rings is 1. The zero-order chi connectivity index (χ0) is 12.3. The molecule has 0 spiro atoms. The number of nitrogens with one attached hydrogen (secondary N) is 1. The Kier molecular flexibility index (Phi) is 4.26. The van der Waals surface area contributed by atoms with E-state index in [1.165, 1.54) is 12.8 Å². The molecule has 0 saturated carbocycles. The highest BCUT2D eigenvalue weighted by atomic mass is 35.5. The summed E-state index contributed by atoms with van der Waals surface area (Å²) in [5, 5.41) is 13.6. The number of halogens is 1. The van der Waals surface area contributed by atoms with Crippen molar-refractivity contribution in [3.63, 3.8) is 0 Å². The maximum absolute atomic E-state index is 9.45. The monoisotopic (exact) mass is 254 g/mol. The van der Waals surface area contributed by atoms with Crippen LogP contribution in [-0.4, -0.2) is 36.2 Å². The van der Waals surface area contributed by atoms with Gasteiger partial charge in [0.05, 0.1) is 0 Å². The Labute approximate surface area is 107 Å². The quantitative estimate of drug-likeness (QED) is 0.868. The first-order valence-corrected chi connectivity index (χ1v) is 6.41. The van der Waals surface area contributed by atoms with E-state index in [0.717, 1.165) is 25.2 Å². The van der Waals surface area contributed by atoms with E-state index in [9.17, 15) is 5.11 Å². The van der Waals surface area contributed by atoms with Gasteiger partial charge in [0.1, 0.15) is 5.75 Å². The van der Waals surface area contributed by atoms with Crippen molar-refractivity contribution in [2.45, 2.75) is 25.4 Å². The highest BCUT2D eigenvalue weighted by Gasteiger charge is 2.15. The van der Waals surface area contributed by atoms with Crippen LogP contribution in [0.4, 0.5) is 0 Å². The molecular weight excluding hydrogens is 236 g/mol. The number of rotatable bonds is 3. The molecule has 1 aromatic carbocycles. The molecule has 2 N–H and O–H groups in total. The summed E-state index contributed by atoms with van der Waals surface area (Å²) in [7, 11) is 2.16. The lowest BCUT2D eigenvalue weighted by molar-refractivity contribution is 0.234. The van der Waals surface area contributed by atoms with Gasteiger partial charge in [0.2, 0.25) is 0 Å². The molecule has 1 fully saturated rings. The minimum atomic E-state index is 0.234. The maximum Gasteiger partial charge on any atom is 0.117 e. The molecular formula is C13H19ClN2O. The topological polar surface area (TPSA) is 35.5 Å². The molecule has 1 saturated heterocycles. The van der Waals surface area contributed by atoms with Crippen molar-refractivity contribution >= 4 is 11.6 Å². The highest BCUT2D eigenvalue weighted by Crippen LogP contribution is 2.20. The van der Waals surface area contributed by atoms with Gasteiger partial charge in [-0.1, -0.05) is 11.6 Å². The second-order valence-electron chi connectivity index (χ2n) is 4.78. The fourth-order valence-corrected chi connectivity index (χ4v) is 2.46. The number of likely N-dealkylation sites (tertiary alicyclic amines) is 1. The van der Waals surface area contributed by atoms with Crippen LogP contribution in [0.3, 0.4) is 0 Å². The third kappa shape index (κ3) is 3.87. The summed E-state index contributed by atoms with van der Waals surface area (Å²) in [6.07, 6.45) is 2.37. The van der Waals surface area contributed by atoms with Crippen LogP contribution in [0.15, 0.2) is 18.2 Å². The van der Waals surface area contributed by atoms with Crippen molar-refractivity contribution in [2.75, 3.05) is 20.1 Å². The number of nitrogens with zero attached hydrogens (tertiary/aromatic N) is 1. The summed E-state index contributed by atoms with van der Waals surface area (Å²) in [6, 6.07) is 5.78. The summed E-state index contributed by atoms with van der Waals surface area (Å²) < 4.78 is 0. The Morgan fingerprint density at radius 3 is 2.71 bits per heavy atom. The van der Waals surface area contributed by atoms with Gasteiger partial charge >= 0.3 is 0 Å². The standard InChI is InChI=1S/C13H19ClN2O/c1-16-4-2-12(3-5-16)15-9-10-6-11(14)8-13(17)7-10/h6-8,12,15,17H,2-5,9H2,1H3. The summed E-state index contributed by atoms with van der Waals surface area (Å²) in [6.45, 7) is 3.07. The van der Waals surface area contributed by atoms with Crippen LogP contribution in [0.5, 0.6) is 5.75 Å².